The van der Waals surface area contributed by atoms with E-state index < -0.39 is 0 Å². The highest BCUT2D eigenvalue weighted by molar-refractivity contribution is 7.26. The van der Waals surface area contributed by atoms with Gasteiger partial charge in [0.2, 0.25) is 0 Å². The lowest BCUT2D eigenvalue weighted by Gasteiger charge is -2.18. The first kappa shape index (κ1) is 24.4. The minimum atomic E-state index is 1.24. The minimum absolute atomic E-state index is 1.24. The van der Waals surface area contributed by atoms with Crippen molar-refractivity contribution >= 4 is 63.8 Å². The average molecular weight is 563 g/mol. The van der Waals surface area contributed by atoms with E-state index >= 15 is 0 Å². The molecule has 0 unspecified atom stereocenters. The lowest BCUT2D eigenvalue weighted by Crippen LogP contribution is -1.91. The molecule has 0 amide bonds. The molecule has 0 saturated carbocycles. The van der Waals surface area contributed by atoms with E-state index in [1.54, 1.807) is 0 Å². The molecule has 1 heteroatoms. The van der Waals surface area contributed by atoms with Crippen LogP contribution in [0.4, 0.5) is 0 Å². The SMILES string of the molecule is c1ccc(-c2c3ccccc3c(-c3cccc(-c4ccc5sc6ccc7ccccc7c6c5c4)c3)c3ccccc23)cc1. The Kier molecular flexibility index (Phi) is 5.47. The Morgan fingerprint density at radius 1 is 0.302 bits per heavy atom. The summed E-state index contributed by atoms with van der Waals surface area (Å²) in [5.74, 6) is 0. The summed E-state index contributed by atoms with van der Waals surface area (Å²) in [5.41, 5.74) is 7.56. The molecule has 8 aromatic carbocycles. The zero-order chi connectivity index (χ0) is 28.3. The summed E-state index contributed by atoms with van der Waals surface area (Å²) >= 11 is 1.88. The van der Waals surface area contributed by atoms with E-state index in [2.05, 4.69) is 158 Å². The summed E-state index contributed by atoms with van der Waals surface area (Å²) in [7, 11) is 0. The van der Waals surface area contributed by atoms with Gasteiger partial charge in [-0.1, -0.05) is 133 Å². The van der Waals surface area contributed by atoms with Gasteiger partial charge in [-0.05, 0) is 90.0 Å². The summed E-state index contributed by atoms with van der Waals surface area (Å²) in [6, 6.07) is 57.9. The van der Waals surface area contributed by atoms with Crippen LogP contribution in [-0.4, -0.2) is 0 Å². The Morgan fingerprint density at radius 3 is 1.56 bits per heavy atom. The predicted molar refractivity (Wildman–Crippen MR) is 188 cm³/mol. The monoisotopic (exact) mass is 562 g/mol. The number of benzene rings is 8. The van der Waals surface area contributed by atoms with E-state index in [0.717, 1.165) is 0 Å². The fourth-order valence-electron chi connectivity index (χ4n) is 6.94. The number of hydrogen-bond donors (Lipinski definition) is 0. The lowest BCUT2D eigenvalue weighted by atomic mass is 9.85. The maximum Gasteiger partial charge on any atom is 0.0361 e. The zero-order valence-corrected chi connectivity index (χ0v) is 24.2. The fraction of sp³-hybridized carbons (Fsp3) is 0. The van der Waals surface area contributed by atoms with Crippen LogP contribution in [0.15, 0.2) is 158 Å². The molecule has 0 aliphatic rings. The molecule has 0 saturated heterocycles. The highest BCUT2D eigenvalue weighted by Crippen LogP contribution is 2.45. The Bertz CT molecular complexity index is 2440. The smallest absolute Gasteiger partial charge is 0.0361 e. The molecule has 9 rings (SSSR count). The first-order valence-electron chi connectivity index (χ1n) is 14.8. The van der Waals surface area contributed by atoms with E-state index in [4.69, 9.17) is 0 Å². The maximum absolute atomic E-state index is 2.40. The van der Waals surface area contributed by atoms with E-state index in [1.807, 2.05) is 11.3 Å². The van der Waals surface area contributed by atoms with E-state index in [1.165, 1.54) is 85.9 Å². The van der Waals surface area contributed by atoms with E-state index in [-0.39, 0.29) is 0 Å². The van der Waals surface area contributed by atoms with E-state index in [9.17, 15) is 0 Å². The lowest BCUT2D eigenvalue weighted by molar-refractivity contribution is 1.63. The third-order valence-electron chi connectivity index (χ3n) is 8.84. The van der Waals surface area contributed by atoms with Gasteiger partial charge in [-0.15, -0.1) is 11.3 Å². The van der Waals surface area contributed by atoms with Crippen LogP contribution >= 0.6 is 11.3 Å². The van der Waals surface area contributed by atoms with Gasteiger partial charge >= 0.3 is 0 Å². The Hall–Kier alpha value is -5.24. The van der Waals surface area contributed by atoms with Gasteiger partial charge in [-0.25, -0.2) is 0 Å². The highest BCUT2D eigenvalue weighted by atomic mass is 32.1. The van der Waals surface area contributed by atoms with Gasteiger partial charge in [0.25, 0.3) is 0 Å². The molecule has 0 aliphatic carbocycles. The highest BCUT2D eigenvalue weighted by Gasteiger charge is 2.17. The first-order chi connectivity index (χ1) is 21.3. The van der Waals surface area contributed by atoms with Crippen LogP contribution in [0.2, 0.25) is 0 Å². The van der Waals surface area contributed by atoms with Gasteiger partial charge in [0.1, 0.15) is 0 Å². The van der Waals surface area contributed by atoms with Crippen molar-refractivity contribution in [1.82, 2.24) is 0 Å². The number of rotatable bonds is 3. The van der Waals surface area contributed by atoms with Crippen LogP contribution in [-0.2, 0) is 0 Å². The first-order valence-corrected chi connectivity index (χ1v) is 15.6. The molecule has 43 heavy (non-hydrogen) atoms. The molecule has 0 aliphatic heterocycles. The summed E-state index contributed by atoms with van der Waals surface area (Å²) in [6.45, 7) is 0. The second-order valence-corrected chi connectivity index (χ2v) is 12.3. The molecule has 0 fully saturated rings. The molecule has 0 N–H and O–H groups in total. The third kappa shape index (κ3) is 3.82. The van der Waals surface area contributed by atoms with Crippen LogP contribution in [0.3, 0.4) is 0 Å². The maximum atomic E-state index is 2.40. The molecule has 0 spiro atoms. The molecule has 9 aromatic rings. The van der Waals surface area contributed by atoms with Gasteiger partial charge < -0.3 is 0 Å². The largest absolute Gasteiger partial charge is 0.135 e. The minimum Gasteiger partial charge on any atom is -0.135 e. The van der Waals surface area contributed by atoms with Gasteiger partial charge in [0.05, 0.1) is 0 Å². The van der Waals surface area contributed by atoms with Crippen molar-refractivity contribution in [2.75, 3.05) is 0 Å². The molecule has 200 valence electrons. The Balaban J connectivity index is 1.28. The fourth-order valence-corrected chi connectivity index (χ4v) is 8.04. The molecular weight excluding hydrogens is 537 g/mol. The predicted octanol–water partition coefficient (Wildman–Crippen LogP) is 12.5. The molecule has 0 radical (unpaired) electrons. The van der Waals surface area contributed by atoms with Crippen molar-refractivity contribution in [1.29, 1.82) is 0 Å². The van der Waals surface area contributed by atoms with Gasteiger partial charge in [0, 0.05) is 20.2 Å². The van der Waals surface area contributed by atoms with Crippen LogP contribution < -0.4 is 0 Å². The van der Waals surface area contributed by atoms with Crippen molar-refractivity contribution in [3.8, 4) is 33.4 Å². The Labute approximate surface area is 254 Å². The third-order valence-corrected chi connectivity index (χ3v) is 9.97. The molecule has 0 bridgehead atoms. The second-order valence-electron chi connectivity index (χ2n) is 11.3. The summed E-state index contributed by atoms with van der Waals surface area (Å²) in [5, 5.41) is 10.4. The summed E-state index contributed by atoms with van der Waals surface area (Å²) in [6.07, 6.45) is 0. The summed E-state index contributed by atoms with van der Waals surface area (Å²) in [4.78, 5) is 0. The average Bonchev–Trinajstić information content (AvgIpc) is 3.46. The normalized spacial score (nSPS) is 11.7. The second kappa shape index (κ2) is 9.66. The topological polar surface area (TPSA) is 0 Å². The van der Waals surface area contributed by atoms with Crippen molar-refractivity contribution in [3.63, 3.8) is 0 Å². The van der Waals surface area contributed by atoms with Gasteiger partial charge in [-0.2, -0.15) is 0 Å². The number of hydrogen-bond acceptors (Lipinski definition) is 1. The molecule has 0 atom stereocenters. The van der Waals surface area contributed by atoms with Crippen molar-refractivity contribution < 1.29 is 0 Å². The van der Waals surface area contributed by atoms with E-state index in [0.29, 0.717) is 0 Å². The van der Waals surface area contributed by atoms with Gasteiger partial charge in [-0.3, -0.25) is 0 Å². The number of fused-ring (bicyclic) bond motifs is 7. The molecular formula is C42H26S. The molecule has 0 nitrogen and oxygen atoms in total. The Morgan fingerprint density at radius 2 is 0.837 bits per heavy atom. The molecule has 1 heterocycles. The zero-order valence-electron chi connectivity index (χ0n) is 23.4. The van der Waals surface area contributed by atoms with Crippen LogP contribution in [0, 0.1) is 0 Å². The quantitative estimate of drug-likeness (QED) is 0.188. The van der Waals surface area contributed by atoms with Crippen molar-refractivity contribution in [2.24, 2.45) is 0 Å². The summed E-state index contributed by atoms with van der Waals surface area (Å²) < 4.78 is 2.68. The van der Waals surface area contributed by atoms with Crippen molar-refractivity contribution in [2.45, 2.75) is 0 Å². The van der Waals surface area contributed by atoms with Crippen LogP contribution in [0.5, 0.6) is 0 Å². The van der Waals surface area contributed by atoms with Crippen LogP contribution in [0.1, 0.15) is 0 Å². The number of thiophene rings is 1. The van der Waals surface area contributed by atoms with Gasteiger partial charge in [0.15, 0.2) is 0 Å². The standard InChI is InChI=1S/C42H26S/c1-2-12-28(13-3-1)40-33-17-6-8-19-35(33)41(36-20-9-7-18-34(36)40)31-15-10-14-29(25-31)30-22-23-38-37(26-30)42-32-16-5-4-11-27(32)21-24-39(42)43-38/h1-26H. The van der Waals surface area contributed by atoms with Crippen LogP contribution in [0.25, 0.3) is 85.9 Å². The molecule has 1 aromatic heterocycles. The van der Waals surface area contributed by atoms with Crippen molar-refractivity contribution in [3.05, 3.63) is 158 Å².